The fourth-order valence-electron chi connectivity index (χ4n) is 2.88. The van der Waals surface area contributed by atoms with Gasteiger partial charge in [0.2, 0.25) is 5.91 Å². The molecule has 2 aromatic heterocycles. The summed E-state index contributed by atoms with van der Waals surface area (Å²) in [5.74, 6) is 0.376. The van der Waals surface area contributed by atoms with Gasteiger partial charge in [-0.1, -0.05) is 0 Å². The van der Waals surface area contributed by atoms with Gasteiger partial charge in [-0.2, -0.15) is 0 Å². The average molecular weight is 458 g/mol. The van der Waals surface area contributed by atoms with Gasteiger partial charge >= 0.3 is 0 Å². The lowest BCUT2D eigenvalue weighted by molar-refractivity contribution is -0.120. The van der Waals surface area contributed by atoms with Crippen molar-refractivity contribution in [3.05, 3.63) is 47.9 Å². The zero-order valence-electron chi connectivity index (χ0n) is 17.4. The number of methoxy groups -OCH3 is 1. The van der Waals surface area contributed by atoms with Gasteiger partial charge in [-0.3, -0.25) is 19.5 Å². The van der Waals surface area contributed by atoms with Crippen molar-refractivity contribution in [2.45, 2.75) is 37.4 Å². The highest BCUT2D eigenvalue weighted by Gasteiger charge is 2.34. The Morgan fingerprint density at radius 2 is 2.10 bits per heavy atom. The van der Waals surface area contributed by atoms with Crippen LogP contribution in [-0.4, -0.2) is 37.4 Å². The summed E-state index contributed by atoms with van der Waals surface area (Å²) in [6.07, 6.45) is 6.83. The van der Waals surface area contributed by atoms with Crippen molar-refractivity contribution in [3.63, 3.8) is 0 Å². The van der Waals surface area contributed by atoms with Crippen molar-refractivity contribution in [2.24, 2.45) is 0 Å². The third-order valence-corrected chi connectivity index (χ3v) is 7.38. The SMILES string of the molecule is COc1cc(NC(=O)C(C)(C)c2csc(NS(=O)C3CC3)n2)ccc1-c1cnccn1. The van der Waals surface area contributed by atoms with Crippen LogP contribution in [0.25, 0.3) is 11.3 Å². The second kappa shape index (κ2) is 8.72. The van der Waals surface area contributed by atoms with Crippen molar-refractivity contribution in [1.29, 1.82) is 0 Å². The van der Waals surface area contributed by atoms with E-state index >= 15 is 0 Å². The van der Waals surface area contributed by atoms with E-state index in [1.807, 2.05) is 25.3 Å². The van der Waals surface area contributed by atoms with Crippen molar-refractivity contribution in [2.75, 3.05) is 17.1 Å². The Kier molecular flexibility index (Phi) is 6.01. The lowest BCUT2D eigenvalue weighted by Gasteiger charge is -2.22. The number of anilines is 2. The van der Waals surface area contributed by atoms with E-state index in [9.17, 15) is 9.00 Å². The number of hydrogen-bond donors (Lipinski definition) is 2. The maximum Gasteiger partial charge on any atom is 0.236 e. The molecule has 1 fully saturated rings. The summed E-state index contributed by atoms with van der Waals surface area (Å²) in [5.41, 5.74) is 1.81. The van der Waals surface area contributed by atoms with Gasteiger partial charge in [-0.25, -0.2) is 9.19 Å². The highest BCUT2D eigenvalue weighted by Crippen LogP contribution is 2.33. The van der Waals surface area contributed by atoms with E-state index in [0.717, 1.165) is 18.4 Å². The molecule has 1 aliphatic rings. The normalized spacial score (nSPS) is 14.7. The highest BCUT2D eigenvalue weighted by atomic mass is 32.2. The van der Waals surface area contributed by atoms with Crippen molar-refractivity contribution >= 4 is 39.0 Å². The number of benzene rings is 1. The smallest absolute Gasteiger partial charge is 0.236 e. The fourth-order valence-corrected chi connectivity index (χ4v) is 4.99. The quantitative estimate of drug-likeness (QED) is 0.533. The maximum absolute atomic E-state index is 13.0. The van der Waals surface area contributed by atoms with Crippen LogP contribution >= 0.6 is 11.3 Å². The summed E-state index contributed by atoms with van der Waals surface area (Å²) in [6, 6.07) is 5.39. The molecule has 162 valence electrons. The predicted molar refractivity (Wildman–Crippen MR) is 123 cm³/mol. The molecule has 1 atom stereocenters. The van der Waals surface area contributed by atoms with Crippen molar-refractivity contribution < 1.29 is 13.7 Å². The number of amides is 1. The Bertz CT molecular complexity index is 1110. The molecule has 1 aromatic carbocycles. The molecule has 0 saturated heterocycles. The molecule has 2 heterocycles. The Balaban J connectivity index is 1.49. The zero-order chi connectivity index (χ0) is 22.0. The first-order chi connectivity index (χ1) is 14.9. The summed E-state index contributed by atoms with van der Waals surface area (Å²) < 4.78 is 20.5. The highest BCUT2D eigenvalue weighted by molar-refractivity contribution is 7.87. The molecule has 4 rings (SSSR count). The lowest BCUT2D eigenvalue weighted by Crippen LogP contribution is -2.35. The van der Waals surface area contributed by atoms with E-state index in [1.165, 1.54) is 11.3 Å². The standard InChI is InChI=1S/C21H23N5O3S2/c1-21(2,18-12-30-20(25-18)26-31(28)14-5-6-14)19(27)24-13-4-7-15(17(10-13)29-3)16-11-22-8-9-23-16/h4,7-12,14H,5-6H2,1-3H3,(H,24,27)(H,25,26). The Morgan fingerprint density at radius 3 is 2.77 bits per heavy atom. The van der Waals surface area contributed by atoms with Crippen LogP contribution in [-0.2, 0) is 21.2 Å². The van der Waals surface area contributed by atoms with E-state index in [2.05, 4.69) is 25.0 Å². The Labute approximate surface area is 187 Å². The summed E-state index contributed by atoms with van der Waals surface area (Å²) in [6.45, 7) is 3.62. The minimum Gasteiger partial charge on any atom is -0.496 e. The number of carbonyl (C=O) groups excluding carboxylic acids is 1. The van der Waals surface area contributed by atoms with Gasteiger partial charge < -0.3 is 10.1 Å². The van der Waals surface area contributed by atoms with E-state index in [4.69, 9.17) is 4.74 Å². The van der Waals surface area contributed by atoms with Gasteiger partial charge in [0, 0.05) is 35.1 Å². The number of ether oxygens (including phenoxy) is 1. The molecule has 0 radical (unpaired) electrons. The van der Waals surface area contributed by atoms with E-state index in [0.29, 0.717) is 28.0 Å². The molecule has 31 heavy (non-hydrogen) atoms. The van der Waals surface area contributed by atoms with Gasteiger partial charge in [0.05, 0.1) is 35.4 Å². The second-order valence-electron chi connectivity index (χ2n) is 7.72. The monoisotopic (exact) mass is 457 g/mol. The molecule has 1 unspecified atom stereocenters. The minimum absolute atomic E-state index is 0.207. The van der Waals surface area contributed by atoms with Crippen LogP contribution < -0.4 is 14.8 Å². The van der Waals surface area contributed by atoms with Crippen LogP contribution in [0.5, 0.6) is 5.75 Å². The molecule has 1 aliphatic carbocycles. The van der Waals surface area contributed by atoms with Gasteiger partial charge in [0.1, 0.15) is 16.7 Å². The summed E-state index contributed by atoms with van der Waals surface area (Å²) in [7, 11) is 0.454. The molecule has 1 saturated carbocycles. The van der Waals surface area contributed by atoms with Gasteiger partial charge in [-0.15, -0.1) is 11.3 Å². The Hall–Kier alpha value is -2.85. The number of nitrogens with zero attached hydrogens (tertiary/aromatic N) is 3. The molecule has 2 N–H and O–H groups in total. The van der Waals surface area contributed by atoms with Crippen LogP contribution in [0.4, 0.5) is 10.8 Å². The van der Waals surface area contributed by atoms with Crippen LogP contribution in [0.15, 0.2) is 42.2 Å². The van der Waals surface area contributed by atoms with Gasteiger partial charge in [-0.05, 0) is 38.8 Å². The molecular weight excluding hydrogens is 434 g/mol. The summed E-state index contributed by atoms with van der Waals surface area (Å²) in [5, 5.41) is 5.54. The fraction of sp³-hybridized carbons (Fsp3) is 0.333. The molecule has 8 nitrogen and oxygen atoms in total. The topological polar surface area (TPSA) is 106 Å². The third-order valence-electron chi connectivity index (χ3n) is 5.03. The number of thiazole rings is 1. The largest absolute Gasteiger partial charge is 0.496 e. The number of hydrogen-bond acceptors (Lipinski definition) is 7. The number of nitrogens with one attached hydrogen (secondary N) is 2. The molecule has 0 bridgehead atoms. The van der Waals surface area contributed by atoms with E-state index in [-0.39, 0.29) is 11.2 Å². The molecule has 3 aromatic rings. The van der Waals surface area contributed by atoms with E-state index in [1.54, 1.807) is 37.8 Å². The average Bonchev–Trinajstić information content (AvgIpc) is 3.53. The molecule has 0 spiro atoms. The zero-order valence-corrected chi connectivity index (χ0v) is 19.0. The summed E-state index contributed by atoms with van der Waals surface area (Å²) >= 11 is 1.35. The van der Waals surface area contributed by atoms with Crippen LogP contribution in [0, 0.1) is 0 Å². The van der Waals surface area contributed by atoms with Crippen molar-refractivity contribution in [1.82, 2.24) is 15.0 Å². The number of carbonyl (C=O) groups is 1. The Morgan fingerprint density at radius 1 is 1.29 bits per heavy atom. The van der Waals surface area contributed by atoms with Gasteiger partial charge in [0.25, 0.3) is 0 Å². The van der Waals surface area contributed by atoms with Crippen LogP contribution in [0.2, 0.25) is 0 Å². The maximum atomic E-state index is 13.0. The second-order valence-corrected chi connectivity index (χ2v) is 10.0. The molecule has 0 aliphatic heterocycles. The van der Waals surface area contributed by atoms with Crippen molar-refractivity contribution in [3.8, 4) is 17.0 Å². The molecule has 1 amide bonds. The number of aromatic nitrogens is 3. The first-order valence-electron chi connectivity index (χ1n) is 9.77. The predicted octanol–water partition coefficient (Wildman–Crippen LogP) is 3.76. The minimum atomic E-state index is -1.12. The lowest BCUT2D eigenvalue weighted by atomic mass is 9.89. The molecular formula is C21H23N5O3S2. The molecule has 10 heteroatoms. The van der Waals surface area contributed by atoms with E-state index < -0.39 is 16.4 Å². The first-order valence-corrected chi connectivity index (χ1v) is 11.9. The first kappa shape index (κ1) is 21.4. The van der Waals surface area contributed by atoms with Gasteiger partial charge in [0.15, 0.2) is 5.13 Å². The van der Waals surface area contributed by atoms with Crippen LogP contribution in [0.3, 0.4) is 0 Å². The third kappa shape index (κ3) is 4.75. The number of rotatable bonds is 8. The van der Waals surface area contributed by atoms with Crippen LogP contribution in [0.1, 0.15) is 32.4 Å². The summed E-state index contributed by atoms with van der Waals surface area (Å²) in [4.78, 5) is 25.9.